The number of benzene rings is 2. The van der Waals surface area contributed by atoms with Crippen LogP contribution in [0.25, 0.3) is 16.5 Å². The van der Waals surface area contributed by atoms with Gasteiger partial charge in [-0.1, -0.05) is 18.2 Å². The van der Waals surface area contributed by atoms with Crippen molar-refractivity contribution in [1.82, 2.24) is 4.57 Å². The van der Waals surface area contributed by atoms with Gasteiger partial charge in [0.25, 0.3) is 0 Å². The maximum atomic E-state index is 12.1. The van der Waals surface area contributed by atoms with Crippen LogP contribution in [0.15, 0.2) is 42.6 Å². The molecule has 0 fully saturated rings. The first-order chi connectivity index (χ1) is 11.1. The number of rotatable bonds is 2. The molecule has 0 atom stereocenters. The molecule has 2 aromatic carbocycles. The van der Waals surface area contributed by atoms with E-state index in [9.17, 15) is 15.2 Å². The molecular weight excluding hydrogens is 294 g/mol. The van der Waals surface area contributed by atoms with E-state index in [1.807, 2.05) is 18.2 Å². The molecular formula is C17H13N3O3. The first-order valence-electron chi connectivity index (χ1n) is 6.78. The summed E-state index contributed by atoms with van der Waals surface area (Å²) in [5.74, 6) is -0.536. The number of esters is 1. The van der Waals surface area contributed by atoms with Crippen LogP contribution in [0.5, 0.6) is 5.75 Å². The number of aromatic nitrogens is 1. The number of fused-ring (bicyclic) bond motifs is 1. The minimum absolute atomic E-state index is 0.0662. The number of nitrogens with zero attached hydrogens (tertiary/aromatic N) is 2. The third kappa shape index (κ3) is 2.24. The Morgan fingerprint density at radius 3 is 2.83 bits per heavy atom. The third-order valence-electron chi connectivity index (χ3n) is 3.65. The molecule has 23 heavy (non-hydrogen) atoms. The molecule has 3 rings (SSSR count). The lowest BCUT2D eigenvalue weighted by molar-refractivity contribution is 0.0593. The van der Waals surface area contributed by atoms with Crippen LogP contribution >= 0.6 is 0 Å². The average molecular weight is 307 g/mol. The first kappa shape index (κ1) is 14.5. The summed E-state index contributed by atoms with van der Waals surface area (Å²) in [6.07, 6.45) is 1.49. The molecule has 3 aromatic rings. The average Bonchev–Trinajstić information content (AvgIpc) is 2.90. The smallest absolute Gasteiger partial charge is 0.357 e. The minimum Gasteiger partial charge on any atom is -0.508 e. The predicted molar refractivity (Wildman–Crippen MR) is 85.4 cm³/mol. The third-order valence-corrected chi connectivity index (χ3v) is 3.65. The predicted octanol–water partition coefficient (Wildman–Crippen LogP) is 2.58. The van der Waals surface area contributed by atoms with Gasteiger partial charge in [-0.15, -0.1) is 0 Å². The van der Waals surface area contributed by atoms with Crippen molar-refractivity contribution in [2.45, 2.75) is 0 Å². The highest BCUT2D eigenvalue weighted by Crippen LogP contribution is 2.30. The summed E-state index contributed by atoms with van der Waals surface area (Å²) in [4.78, 5) is 12.1. The van der Waals surface area contributed by atoms with E-state index in [1.165, 1.54) is 17.9 Å². The van der Waals surface area contributed by atoms with Gasteiger partial charge in [0, 0.05) is 11.6 Å². The van der Waals surface area contributed by atoms with E-state index in [2.05, 4.69) is 0 Å². The van der Waals surface area contributed by atoms with Crippen LogP contribution in [0.2, 0.25) is 0 Å². The van der Waals surface area contributed by atoms with Gasteiger partial charge >= 0.3 is 5.97 Å². The number of methoxy groups -OCH3 is 1. The molecule has 0 saturated carbocycles. The Balaban J connectivity index is 2.38. The van der Waals surface area contributed by atoms with Crippen molar-refractivity contribution in [3.05, 3.63) is 53.9 Å². The summed E-state index contributed by atoms with van der Waals surface area (Å²) in [6, 6.07) is 12.4. The Labute approximate surface area is 131 Å². The van der Waals surface area contributed by atoms with Gasteiger partial charge < -0.3 is 20.1 Å². The standard InChI is InChI=1S/C17H13N3O3/c1-23-17(22)16-15(19)11(8-18)9-20(16)14-4-2-3-10-5-6-12(21)7-13(10)14/h2-7,9,21H,19H2,1H3. The maximum absolute atomic E-state index is 12.1. The van der Waals surface area contributed by atoms with Crippen LogP contribution in [0, 0.1) is 11.3 Å². The highest BCUT2D eigenvalue weighted by atomic mass is 16.5. The van der Waals surface area contributed by atoms with Gasteiger partial charge in [0.15, 0.2) is 5.69 Å². The summed E-state index contributed by atoms with van der Waals surface area (Å²) in [5.41, 5.74) is 6.86. The van der Waals surface area contributed by atoms with E-state index in [0.717, 1.165) is 10.8 Å². The molecule has 0 aliphatic rings. The van der Waals surface area contributed by atoms with E-state index >= 15 is 0 Å². The molecule has 114 valence electrons. The van der Waals surface area contributed by atoms with Crippen molar-refractivity contribution in [2.75, 3.05) is 12.8 Å². The summed E-state index contributed by atoms with van der Waals surface area (Å²) in [7, 11) is 1.25. The zero-order valence-electron chi connectivity index (χ0n) is 12.3. The molecule has 6 heteroatoms. The van der Waals surface area contributed by atoms with E-state index in [4.69, 9.17) is 10.5 Å². The summed E-state index contributed by atoms with van der Waals surface area (Å²) in [5, 5.41) is 20.5. The fraction of sp³-hybridized carbons (Fsp3) is 0.0588. The number of nitrogen functional groups attached to an aromatic ring is 1. The minimum atomic E-state index is -0.638. The number of carbonyl (C=O) groups is 1. The Morgan fingerprint density at radius 1 is 1.35 bits per heavy atom. The largest absolute Gasteiger partial charge is 0.508 e. The van der Waals surface area contributed by atoms with Crippen molar-refractivity contribution < 1.29 is 14.6 Å². The van der Waals surface area contributed by atoms with Crippen LogP contribution in [-0.2, 0) is 4.74 Å². The molecule has 1 heterocycles. The van der Waals surface area contributed by atoms with Gasteiger partial charge in [-0.3, -0.25) is 0 Å². The molecule has 1 aromatic heterocycles. The molecule has 0 aliphatic carbocycles. The lowest BCUT2D eigenvalue weighted by atomic mass is 10.1. The number of nitriles is 1. The quantitative estimate of drug-likeness (QED) is 0.708. The van der Waals surface area contributed by atoms with Crippen molar-refractivity contribution in [2.24, 2.45) is 0 Å². The van der Waals surface area contributed by atoms with Gasteiger partial charge in [-0.25, -0.2) is 4.79 Å². The van der Waals surface area contributed by atoms with E-state index in [-0.39, 0.29) is 22.7 Å². The Kier molecular flexibility index (Phi) is 3.39. The Hall–Kier alpha value is -3.46. The molecule has 6 nitrogen and oxygen atoms in total. The molecule has 0 spiro atoms. The highest BCUT2D eigenvalue weighted by molar-refractivity contribution is 5.98. The molecule has 3 N–H and O–H groups in total. The number of ether oxygens (including phenoxy) is 1. The van der Waals surface area contributed by atoms with Crippen LogP contribution in [0.1, 0.15) is 16.1 Å². The molecule has 0 aliphatic heterocycles. The van der Waals surface area contributed by atoms with Crippen molar-refractivity contribution in [3.8, 4) is 17.5 Å². The molecule has 0 radical (unpaired) electrons. The number of anilines is 1. The van der Waals surface area contributed by atoms with Crippen molar-refractivity contribution in [3.63, 3.8) is 0 Å². The monoisotopic (exact) mass is 307 g/mol. The van der Waals surface area contributed by atoms with Crippen LogP contribution in [-0.4, -0.2) is 22.8 Å². The fourth-order valence-corrected chi connectivity index (χ4v) is 2.56. The summed E-state index contributed by atoms with van der Waals surface area (Å²) < 4.78 is 6.29. The zero-order valence-corrected chi connectivity index (χ0v) is 12.3. The SMILES string of the molecule is COC(=O)c1c(N)c(C#N)cn1-c1cccc2ccc(O)cc12. The second-order valence-corrected chi connectivity index (χ2v) is 4.96. The second-order valence-electron chi connectivity index (χ2n) is 4.96. The maximum Gasteiger partial charge on any atom is 0.357 e. The number of aromatic hydroxyl groups is 1. The molecule has 0 saturated heterocycles. The first-order valence-corrected chi connectivity index (χ1v) is 6.78. The van der Waals surface area contributed by atoms with Gasteiger partial charge in [-0.05, 0) is 23.6 Å². The second kappa shape index (κ2) is 5.39. The van der Waals surface area contributed by atoms with Crippen molar-refractivity contribution in [1.29, 1.82) is 5.26 Å². The zero-order chi connectivity index (χ0) is 16.6. The van der Waals surface area contributed by atoms with Crippen LogP contribution < -0.4 is 5.73 Å². The van der Waals surface area contributed by atoms with Gasteiger partial charge in [0.1, 0.15) is 11.8 Å². The molecule has 0 amide bonds. The normalized spacial score (nSPS) is 10.4. The molecule has 0 bridgehead atoms. The Morgan fingerprint density at radius 2 is 2.13 bits per heavy atom. The van der Waals surface area contributed by atoms with Crippen molar-refractivity contribution >= 4 is 22.4 Å². The van der Waals surface area contributed by atoms with Gasteiger partial charge in [0.05, 0.1) is 24.0 Å². The van der Waals surface area contributed by atoms with E-state index in [0.29, 0.717) is 5.69 Å². The van der Waals surface area contributed by atoms with E-state index < -0.39 is 5.97 Å². The number of phenols is 1. The van der Waals surface area contributed by atoms with Crippen LogP contribution in [0.4, 0.5) is 5.69 Å². The highest BCUT2D eigenvalue weighted by Gasteiger charge is 2.22. The molecule has 0 unspecified atom stereocenters. The van der Waals surface area contributed by atoms with Gasteiger partial charge in [0.2, 0.25) is 0 Å². The summed E-state index contributed by atoms with van der Waals surface area (Å²) in [6.45, 7) is 0. The number of hydrogen-bond donors (Lipinski definition) is 2. The number of phenolic OH excluding ortho intramolecular Hbond substituents is 1. The number of hydrogen-bond acceptors (Lipinski definition) is 5. The summed E-state index contributed by atoms with van der Waals surface area (Å²) >= 11 is 0. The van der Waals surface area contributed by atoms with Gasteiger partial charge in [-0.2, -0.15) is 5.26 Å². The lowest BCUT2D eigenvalue weighted by Gasteiger charge is -2.11. The number of carbonyl (C=O) groups excluding carboxylic acids is 1. The topological polar surface area (TPSA) is 101 Å². The Bertz CT molecular complexity index is 967. The van der Waals surface area contributed by atoms with E-state index in [1.54, 1.807) is 24.3 Å². The lowest BCUT2D eigenvalue weighted by Crippen LogP contribution is -2.11. The van der Waals surface area contributed by atoms with Crippen LogP contribution in [0.3, 0.4) is 0 Å². The number of nitrogens with two attached hydrogens (primary N) is 1. The fourth-order valence-electron chi connectivity index (χ4n) is 2.56.